The summed E-state index contributed by atoms with van der Waals surface area (Å²) in [5.41, 5.74) is 0.445. The maximum atomic E-state index is 14.8. The average molecular weight is 389 g/mol. The van der Waals surface area contributed by atoms with Gasteiger partial charge in [0.05, 0.1) is 17.1 Å². The van der Waals surface area contributed by atoms with Crippen molar-refractivity contribution in [1.82, 2.24) is 20.2 Å². The number of nitrogens with one attached hydrogen (secondary N) is 2. The molecule has 2 heterocycles. The number of nitrogens with zero attached hydrogens (tertiary/aromatic N) is 4. The fourth-order valence-corrected chi connectivity index (χ4v) is 5.03. The monoisotopic (exact) mass is 388 g/mol. The predicted molar refractivity (Wildman–Crippen MR) is 105 cm³/mol. The summed E-state index contributed by atoms with van der Waals surface area (Å²) in [6.07, 6.45) is 5.49. The van der Waals surface area contributed by atoms with Crippen LogP contribution in [0.25, 0.3) is 0 Å². The van der Waals surface area contributed by atoms with Crippen LogP contribution in [-0.4, -0.2) is 52.4 Å². The van der Waals surface area contributed by atoms with E-state index in [4.69, 9.17) is 0 Å². The maximum absolute atomic E-state index is 14.8. The second kappa shape index (κ2) is 7.87. The SMILES string of the molecule is CC(C)(C)n1nnnc1[C@@H](c1ccccc1F)[NH+]1CC[NH+](C2CCCC2)CC1. The number of hydrogen-bond acceptors (Lipinski definition) is 3. The number of quaternary nitrogens is 2. The highest BCUT2D eigenvalue weighted by atomic mass is 19.1. The van der Waals surface area contributed by atoms with Gasteiger partial charge in [0.15, 0.2) is 6.04 Å². The zero-order chi connectivity index (χ0) is 19.7. The second-order valence-electron chi connectivity index (χ2n) is 9.37. The van der Waals surface area contributed by atoms with Gasteiger partial charge in [0.25, 0.3) is 0 Å². The van der Waals surface area contributed by atoms with Gasteiger partial charge in [0.2, 0.25) is 5.82 Å². The summed E-state index contributed by atoms with van der Waals surface area (Å²) in [5, 5.41) is 12.6. The highest BCUT2D eigenvalue weighted by Gasteiger charge is 2.40. The first-order valence-corrected chi connectivity index (χ1v) is 10.7. The predicted octanol–water partition coefficient (Wildman–Crippen LogP) is 0.383. The number of benzene rings is 1. The minimum atomic E-state index is -0.251. The van der Waals surface area contributed by atoms with Gasteiger partial charge in [-0.2, -0.15) is 0 Å². The highest BCUT2D eigenvalue weighted by molar-refractivity contribution is 5.24. The lowest BCUT2D eigenvalue weighted by Crippen LogP contribution is -3.29. The third kappa shape index (κ3) is 3.82. The van der Waals surface area contributed by atoms with E-state index in [1.807, 2.05) is 16.8 Å². The molecule has 1 aromatic carbocycles. The van der Waals surface area contributed by atoms with Crippen molar-refractivity contribution in [3.63, 3.8) is 0 Å². The molecule has 2 N–H and O–H groups in total. The van der Waals surface area contributed by atoms with Gasteiger partial charge in [-0.05, 0) is 69.0 Å². The quantitative estimate of drug-likeness (QED) is 0.797. The summed E-state index contributed by atoms with van der Waals surface area (Å²) in [6, 6.07) is 7.75. The Bertz CT molecular complexity index is 784. The molecule has 152 valence electrons. The molecule has 0 unspecified atom stereocenters. The van der Waals surface area contributed by atoms with Crippen molar-refractivity contribution >= 4 is 0 Å². The van der Waals surface area contributed by atoms with Crippen LogP contribution in [0, 0.1) is 5.82 Å². The molecule has 1 aliphatic heterocycles. The Kier molecular flexibility index (Phi) is 5.47. The third-order valence-corrected chi connectivity index (χ3v) is 6.48. The number of tetrazole rings is 1. The lowest BCUT2D eigenvalue weighted by atomic mass is 10.0. The standard InChI is InChI=1S/C21H31FN6/c1-21(2,3)28-20(23-24-25-28)19(17-10-6-7-11-18(17)22)27-14-12-26(13-15-27)16-8-4-5-9-16/h6-7,10-11,16,19H,4-5,8-9,12-15H2,1-3H3/p+2/t19-/m1/s1. The largest absolute Gasteiger partial charge is 0.323 e. The third-order valence-electron chi connectivity index (χ3n) is 6.48. The van der Waals surface area contributed by atoms with Gasteiger partial charge >= 0.3 is 0 Å². The van der Waals surface area contributed by atoms with Crippen LogP contribution in [0.1, 0.15) is 63.9 Å². The van der Waals surface area contributed by atoms with Gasteiger partial charge in [-0.15, -0.1) is 5.10 Å². The number of halogens is 1. The summed E-state index contributed by atoms with van der Waals surface area (Å²) in [7, 11) is 0. The van der Waals surface area contributed by atoms with E-state index in [0.717, 1.165) is 38.0 Å². The van der Waals surface area contributed by atoms with Gasteiger partial charge < -0.3 is 9.80 Å². The van der Waals surface area contributed by atoms with E-state index in [9.17, 15) is 4.39 Å². The minimum Gasteiger partial charge on any atom is -0.323 e. The van der Waals surface area contributed by atoms with Crippen LogP contribution < -0.4 is 9.80 Å². The molecule has 0 amide bonds. The van der Waals surface area contributed by atoms with Crippen molar-refractivity contribution in [3.05, 3.63) is 41.5 Å². The van der Waals surface area contributed by atoms with E-state index in [2.05, 4.69) is 36.3 Å². The van der Waals surface area contributed by atoms with Crippen LogP contribution in [0.4, 0.5) is 4.39 Å². The second-order valence-corrected chi connectivity index (χ2v) is 9.37. The van der Waals surface area contributed by atoms with Crippen molar-refractivity contribution in [2.75, 3.05) is 26.2 Å². The molecule has 28 heavy (non-hydrogen) atoms. The lowest BCUT2D eigenvalue weighted by molar-refractivity contribution is -1.03. The molecule has 0 bridgehead atoms. The maximum Gasteiger partial charge on any atom is 0.214 e. The van der Waals surface area contributed by atoms with E-state index in [0.29, 0.717) is 5.56 Å². The molecular weight excluding hydrogens is 355 g/mol. The first-order chi connectivity index (χ1) is 13.4. The minimum absolute atomic E-state index is 0.172. The molecule has 4 rings (SSSR count). The number of piperazine rings is 1. The fourth-order valence-electron chi connectivity index (χ4n) is 5.03. The smallest absolute Gasteiger partial charge is 0.214 e. The molecule has 6 nitrogen and oxygen atoms in total. The van der Waals surface area contributed by atoms with Crippen LogP contribution >= 0.6 is 0 Å². The number of rotatable bonds is 4. The van der Waals surface area contributed by atoms with E-state index >= 15 is 0 Å². The zero-order valence-corrected chi connectivity index (χ0v) is 17.3. The summed E-state index contributed by atoms with van der Waals surface area (Å²) in [5.74, 6) is 0.589. The molecule has 0 radical (unpaired) electrons. The van der Waals surface area contributed by atoms with Gasteiger partial charge in [-0.25, -0.2) is 9.07 Å². The molecule has 1 saturated heterocycles. The Morgan fingerprint density at radius 3 is 2.39 bits per heavy atom. The summed E-state index contributed by atoms with van der Waals surface area (Å²) in [4.78, 5) is 3.11. The topological polar surface area (TPSA) is 52.5 Å². The molecule has 2 aliphatic rings. The van der Waals surface area contributed by atoms with E-state index < -0.39 is 0 Å². The highest BCUT2D eigenvalue weighted by Crippen LogP contribution is 2.24. The van der Waals surface area contributed by atoms with Crippen molar-refractivity contribution in [1.29, 1.82) is 0 Å². The van der Waals surface area contributed by atoms with Gasteiger partial charge in [0.1, 0.15) is 32.0 Å². The first kappa shape index (κ1) is 19.5. The Balaban J connectivity index is 1.64. The van der Waals surface area contributed by atoms with Crippen LogP contribution in [-0.2, 0) is 5.54 Å². The van der Waals surface area contributed by atoms with Crippen LogP contribution in [0.2, 0.25) is 0 Å². The first-order valence-electron chi connectivity index (χ1n) is 10.7. The zero-order valence-electron chi connectivity index (χ0n) is 17.3. The Morgan fingerprint density at radius 2 is 1.75 bits per heavy atom. The molecule has 7 heteroatoms. The van der Waals surface area contributed by atoms with Crippen molar-refractivity contribution in [2.45, 2.75) is 64.1 Å². The molecule has 0 spiro atoms. The van der Waals surface area contributed by atoms with Crippen LogP contribution in [0.5, 0.6) is 0 Å². The molecule has 1 saturated carbocycles. The van der Waals surface area contributed by atoms with Gasteiger partial charge in [-0.1, -0.05) is 12.1 Å². The van der Waals surface area contributed by atoms with Crippen molar-refractivity contribution in [2.24, 2.45) is 0 Å². The molecule has 1 aromatic heterocycles. The van der Waals surface area contributed by atoms with Crippen molar-refractivity contribution in [3.8, 4) is 0 Å². The van der Waals surface area contributed by atoms with Crippen LogP contribution in [0.3, 0.4) is 0 Å². The van der Waals surface area contributed by atoms with E-state index in [-0.39, 0.29) is 17.4 Å². The summed E-state index contributed by atoms with van der Waals surface area (Å²) in [6.45, 7) is 10.6. The number of aromatic nitrogens is 4. The van der Waals surface area contributed by atoms with E-state index in [1.54, 1.807) is 17.0 Å². The molecule has 2 fully saturated rings. The molecular formula is C21H33FN6+2. The Hall–Kier alpha value is -1.86. The average Bonchev–Trinajstić information content (AvgIpc) is 3.36. The van der Waals surface area contributed by atoms with Gasteiger partial charge in [0, 0.05) is 0 Å². The number of hydrogen-bond donors (Lipinski definition) is 2. The van der Waals surface area contributed by atoms with E-state index in [1.165, 1.54) is 30.6 Å². The Labute approximate surface area is 166 Å². The van der Waals surface area contributed by atoms with Crippen LogP contribution in [0.15, 0.2) is 24.3 Å². The molecule has 2 aromatic rings. The molecule has 1 atom stereocenters. The van der Waals surface area contributed by atoms with Crippen molar-refractivity contribution < 1.29 is 14.2 Å². The molecule has 1 aliphatic carbocycles. The fraction of sp³-hybridized carbons (Fsp3) is 0.667. The van der Waals surface area contributed by atoms with Gasteiger partial charge in [-0.3, -0.25) is 0 Å². The lowest BCUT2D eigenvalue weighted by Gasteiger charge is -2.37. The Morgan fingerprint density at radius 1 is 1.07 bits per heavy atom. The summed E-state index contributed by atoms with van der Waals surface area (Å²) >= 11 is 0. The summed E-state index contributed by atoms with van der Waals surface area (Å²) < 4.78 is 16.7. The normalized spacial score (nSPS) is 25.1.